The molecule has 0 saturated carbocycles. The number of carbonyl (C=O) groups excluding carboxylic acids is 1. The number of aryl methyl sites for hydroxylation is 1. The van der Waals surface area contributed by atoms with E-state index >= 15 is 0 Å². The zero-order valence-electron chi connectivity index (χ0n) is 18.6. The number of Topliss-reactive ketones (excluding diaryl/α,β-unsaturated/α-hetero) is 1. The Morgan fingerprint density at radius 2 is 2.06 bits per heavy atom. The molecule has 1 aromatic carbocycles. The van der Waals surface area contributed by atoms with E-state index in [4.69, 9.17) is 5.73 Å². The van der Waals surface area contributed by atoms with Gasteiger partial charge in [0.05, 0.1) is 17.4 Å². The third-order valence-corrected chi connectivity index (χ3v) is 6.79. The van der Waals surface area contributed by atoms with E-state index in [0.717, 1.165) is 36.6 Å². The van der Waals surface area contributed by atoms with Gasteiger partial charge >= 0.3 is 0 Å². The predicted octanol–water partition coefficient (Wildman–Crippen LogP) is 3.55. The van der Waals surface area contributed by atoms with Crippen LogP contribution in [0.5, 0.6) is 0 Å². The molecule has 0 amide bonds. The first-order valence-corrected chi connectivity index (χ1v) is 11.5. The summed E-state index contributed by atoms with van der Waals surface area (Å²) in [4.78, 5) is 17.0. The number of nitrogens with two attached hydrogens (primary N) is 1. The summed E-state index contributed by atoms with van der Waals surface area (Å²) in [5, 5.41) is 14.7. The van der Waals surface area contributed by atoms with Crippen LogP contribution in [-0.4, -0.2) is 40.5 Å². The molecule has 166 valence electrons. The third kappa shape index (κ3) is 4.91. The molecule has 0 spiro atoms. The summed E-state index contributed by atoms with van der Waals surface area (Å²) < 4.78 is 2.32. The molecule has 4 rings (SSSR count). The van der Waals surface area contributed by atoms with Crippen LogP contribution in [0.25, 0.3) is 10.9 Å². The van der Waals surface area contributed by atoms with E-state index in [0.29, 0.717) is 5.57 Å². The van der Waals surface area contributed by atoms with Crippen molar-refractivity contribution < 1.29 is 9.90 Å². The van der Waals surface area contributed by atoms with Crippen LogP contribution in [0.2, 0.25) is 0 Å². The van der Waals surface area contributed by atoms with Crippen molar-refractivity contribution in [3.05, 3.63) is 42.1 Å². The maximum Gasteiger partial charge on any atom is 0.168 e. The number of hydrogen-bond donors (Lipinski definition) is 3. The molecule has 6 heteroatoms. The van der Waals surface area contributed by atoms with Crippen molar-refractivity contribution in [1.82, 2.24) is 9.88 Å². The minimum absolute atomic E-state index is 0.0853. The average molecular weight is 423 g/mol. The van der Waals surface area contributed by atoms with Crippen LogP contribution in [0.15, 0.2) is 47.1 Å². The number of aliphatic imine (C=N–C) groups is 1. The summed E-state index contributed by atoms with van der Waals surface area (Å²) >= 11 is 0. The highest BCUT2D eigenvalue weighted by atomic mass is 16.3. The number of fused-ring (bicyclic) bond motifs is 1. The lowest BCUT2D eigenvalue weighted by molar-refractivity contribution is -0.118. The maximum absolute atomic E-state index is 12.4. The topological polar surface area (TPSA) is 92.6 Å². The zero-order valence-corrected chi connectivity index (χ0v) is 18.6. The van der Waals surface area contributed by atoms with Crippen molar-refractivity contribution in [2.45, 2.75) is 52.2 Å². The Morgan fingerprint density at radius 3 is 2.81 bits per heavy atom. The first-order valence-electron chi connectivity index (χ1n) is 11.5. The summed E-state index contributed by atoms with van der Waals surface area (Å²) in [6, 6.07) is 8.18. The highest BCUT2D eigenvalue weighted by Gasteiger charge is 2.31. The number of nitrogens with one attached hydrogen (secondary N) is 1. The lowest BCUT2D eigenvalue weighted by atomic mass is 9.80. The summed E-state index contributed by atoms with van der Waals surface area (Å²) in [5.74, 6) is 1.03. The second kappa shape index (κ2) is 9.37. The molecule has 0 bridgehead atoms. The van der Waals surface area contributed by atoms with E-state index in [2.05, 4.69) is 33.2 Å². The number of rotatable bonds is 6. The number of benzene rings is 1. The highest BCUT2D eigenvalue weighted by molar-refractivity contribution is 6.22. The lowest BCUT2D eigenvalue weighted by Crippen LogP contribution is -2.35. The van der Waals surface area contributed by atoms with Crippen LogP contribution in [-0.2, 0) is 11.3 Å². The third-order valence-electron chi connectivity index (χ3n) is 6.79. The Balaban J connectivity index is 1.51. The molecule has 4 N–H and O–H groups in total. The van der Waals surface area contributed by atoms with Gasteiger partial charge in [0.15, 0.2) is 5.78 Å². The second-order valence-electron chi connectivity index (χ2n) is 9.33. The fourth-order valence-electron chi connectivity index (χ4n) is 4.84. The molecule has 1 saturated heterocycles. The molecule has 1 fully saturated rings. The number of amidine groups is 1. The Labute approximate surface area is 184 Å². The van der Waals surface area contributed by atoms with Crippen LogP contribution in [0.1, 0.15) is 39.5 Å². The van der Waals surface area contributed by atoms with E-state index in [-0.39, 0.29) is 29.9 Å². The van der Waals surface area contributed by atoms with Crippen LogP contribution in [0.3, 0.4) is 0 Å². The molecule has 2 heterocycles. The first-order chi connectivity index (χ1) is 14.9. The van der Waals surface area contributed by atoms with Crippen LogP contribution in [0, 0.1) is 17.8 Å². The standard InChI is InChI=1S/C25H34N4O2/c1-16(2)20-14-21(24(31)15-23(20)30)25(26)28-19-3-4-22-18(13-19)8-12-29(22)11-7-17-5-9-27-10-6-17/h3-4,8,12-14,16-17,20,23,27,30H,5-7,9-11,15H2,1-2H3,(H2,26,28). The quantitative estimate of drug-likeness (QED) is 0.490. The fraction of sp³-hybridized carbons (Fsp3) is 0.520. The summed E-state index contributed by atoms with van der Waals surface area (Å²) in [6.07, 6.45) is 7.13. The summed E-state index contributed by atoms with van der Waals surface area (Å²) in [6.45, 7) is 7.37. The number of ketones is 1. The van der Waals surface area contributed by atoms with Gasteiger partial charge in [-0.05, 0) is 68.5 Å². The molecule has 2 unspecified atom stereocenters. The first kappa shape index (κ1) is 21.8. The average Bonchev–Trinajstić information content (AvgIpc) is 3.15. The van der Waals surface area contributed by atoms with Gasteiger partial charge in [-0.15, -0.1) is 0 Å². The maximum atomic E-state index is 12.4. The van der Waals surface area contributed by atoms with Gasteiger partial charge in [0.25, 0.3) is 0 Å². The molecule has 1 aliphatic heterocycles. The van der Waals surface area contributed by atoms with E-state index in [1.165, 1.54) is 24.8 Å². The van der Waals surface area contributed by atoms with Gasteiger partial charge in [-0.3, -0.25) is 4.79 Å². The van der Waals surface area contributed by atoms with Gasteiger partial charge in [-0.1, -0.05) is 19.9 Å². The van der Waals surface area contributed by atoms with Crippen molar-refractivity contribution in [3.63, 3.8) is 0 Å². The highest BCUT2D eigenvalue weighted by Crippen LogP contribution is 2.29. The molecular weight excluding hydrogens is 388 g/mol. The van der Waals surface area contributed by atoms with Gasteiger partial charge in [0, 0.05) is 36.0 Å². The van der Waals surface area contributed by atoms with Gasteiger partial charge in [0.2, 0.25) is 0 Å². The van der Waals surface area contributed by atoms with Crippen molar-refractivity contribution >= 4 is 28.2 Å². The van der Waals surface area contributed by atoms with Gasteiger partial charge in [0.1, 0.15) is 5.84 Å². The van der Waals surface area contributed by atoms with E-state index < -0.39 is 6.10 Å². The smallest absolute Gasteiger partial charge is 0.168 e. The molecule has 2 atom stereocenters. The van der Waals surface area contributed by atoms with Gasteiger partial charge in [-0.25, -0.2) is 4.99 Å². The summed E-state index contributed by atoms with van der Waals surface area (Å²) in [7, 11) is 0. The monoisotopic (exact) mass is 422 g/mol. The van der Waals surface area contributed by atoms with Crippen molar-refractivity contribution in [2.24, 2.45) is 28.5 Å². The van der Waals surface area contributed by atoms with Crippen molar-refractivity contribution in [2.75, 3.05) is 13.1 Å². The normalized spacial score (nSPS) is 23.5. The van der Waals surface area contributed by atoms with E-state index in [1.54, 1.807) is 6.08 Å². The Bertz CT molecular complexity index is 998. The molecule has 0 radical (unpaired) electrons. The number of piperidine rings is 1. The number of aliphatic hydroxyl groups excluding tert-OH is 1. The molecular formula is C25H34N4O2. The number of nitrogens with zero attached hydrogens (tertiary/aromatic N) is 2. The molecule has 6 nitrogen and oxygen atoms in total. The lowest BCUT2D eigenvalue weighted by Gasteiger charge is -2.28. The Kier molecular flexibility index (Phi) is 6.58. The molecule has 31 heavy (non-hydrogen) atoms. The van der Waals surface area contributed by atoms with Crippen molar-refractivity contribution in [1.29, 1.82) is 0 Å². The molecule has 1 aromatic heterocycles. The van der Waals surface area contributed by atoms with Crippen LogP contribution >= 0.6 is 0 Å². The van der Waals surface area contributed by atoms with Crippen LogP contribution < -0.4 is 11.1 Å². The second-order valence-corrected chi connectivity index (χ2v) is 9.33. The molecule has 2 aromatic rings. The van der Waals surface area contributed by atoms with Gasteiger partial charge < -0.3 is 20.7 Å². The van der Waals surface area contributed by atoms with Crippen molar-refractivity contribution in [3.8, 4) is 0 Å². The predicted molar refractivity (Wildman–Crippen MR) is 125 cm³/mol. The molecule has 2 aliphatic rings. The number of carbonyl (C=O) groups is 1. The van der Waals surface area contributed by atoms with Gasteiger partial charge in [-0.2, -0.15) is 0 Å². The molecule has 1 aliphatic carbocycles. The van der Waals surface area contributed by atoms with E-state index in [9.17, 15) is 9.90 Å². The number of aromatic nitrogens is 1. The Hall–Kier alpha value is -2.44. The van der Waals surface area contributed by atoms with E-state index in [1.807, 2.05) is 26.0 Å². The zero-order chi connectivity index (χ0) is 22.0. The van der Waals surface area contributed by atoms with Crippen LogP contribution in [0.4, 0.5) is 5.69 Å². The largest absolute Gasteiger partial charge is 0.392 e. The Morgan fingerprint density at radius 1 is 1.29 bits per heavy atom. The SMILES string of the molecule is CC(C)C1C=C(C(N)=Nc2ccc3c(ccn3CCC3CCNCC3)c2)C(=O)CC1O. The number of aliphatic hydroxyl groups is 1. The summed E-state index contributed by atoms with van der Waals surface area (Å²) in [5.41, 5.74) is 8.60. The minimum atomic E-state index is -0.648. The minimum Gasteiger partial charge on any atom is -0.392 e. The number of hydrogen-bond acceptors (Lipinski definition) is 4. The fourth-order valence-corrected chi connectivity index (χ4v) is 4.84.